The van der Waals surface area contributed by atoms with Crippen LogP contribution in [0.2, 0.25) is 0 Å². The smallest absolute Gasteiger partial charge is 0.152 e. The molecule has 8 atom stereocenters. The van der Waals surface area contributed by atoms with E-state index in [0.29, 0.717) is 38.2 Å². The molecule has 0 amide bonds. The second kappa shape index (κ2) is 8.71. The topological polar surface area (TPSA) is 104 Å². The molecule has 34 heavy (non-hydrogen) atoms. The maximum atomic E-state index is 17.4. The van der Waals surface area contributed by atoms with Crippen LogP contribution < -0.4 is 0 Å². The number of aliphatic hydroxyl groups excluding tert-OH is 2. The van der Waals surface area contributed by atoms with Gasteiger partial charge in [0.15, 0.2) is 5.67 Å². The number of fused-ring (bicyclic) bond motifs is 5. The SMILES string of the molecule is CCO/N=C1/C=C[C@@]2(C)C(=C1)CC[C@H]1[C@@H]3C[C@@H](C)[C@](O)(/C(CO)=N\OCC)[C@@]3(C)C[C@H](O)[C@@]12F. The Balaban J connectivity index is 1.76. The molecule has 0 heterocycles. The Hall–Kier alpha value is -1.77. The Morgan fingerprint density at radius 1 is 1.21 bits per heavy atom. The molecule has 3 saturated carbocycles. The van der Waals surface area contributed by atoms with Crippen LogP contribution in [0.25, 0.3) is 0 Å². The predicted octanol–water partition coefficient (Wildman–Crippen LogP) is 3.54. The Kier molecular flexibility index (Phi) is 6.49. The molecule has 0 aliphatic heterocycles. The van der Waals surface area contributed by atoms with Crippen molar-refractivity contribution in [2.75, 3.05) is 19.8 Å². The second-order valence-electron chi connectivity index (χ2n) is 10.8. The highest BCUT2D eigenvalue weighted by Gasteiger charge is 2.75. The van der Waals surface area contributed by atoms with Gasteiger partial charge in [-0.15, -0.1) is 0 Å². The number of hydrogen-bond donors (Lipinski definition) is 3. The third kappa shape index (κ3) is 3.17. The van der Waals surface area contributed by atoms with Gasteiger partial charge in [0.2, 0.25) is 0 Å². The zero-order chi connectivity index (χ0) is 24.9. The van der Waals surface area contributed by atoms with Gasteiger partial charge >= 0.3 is 0 Å². The molecule has 4 aliphatic carbocycles. The largest absolute Gasteiger partial charge is 0.396 e. The summed E-state index contributed by atoms with van der Waals surface area (Å²) < 4.78 is 17.4. The number of halogens is 1. The van der Waals surface area contributed by atoms with Crippen LogP contribution in [0, 0.1) is 28.6 Å². The molecule has 4 aliphatic rings. The van der Waals surface area contributed by atoms with Crippen LogP contribution in [-0.4, -0.2) is 63.9 Å². The van der Waals surface area contributed by atoms with Crippen LogP contribution in [0.5, 0.6) is 0 Å². The van der Waals surface area contributed by atoms with E-state index in [9.17, 15) is 15.3 Å². The van der Waals surface area contributed by atoms with Crippen molar-refractivity contribution in [2.24, 2.45) is 38.9 Å². The first-order chi connectivity index (χ1) is 16.0. The normalized spacial score (nSPS) is 47.0. The molecule has 3 fully saturated rings. The third-order valence-electron chi connectivity index (χ3n) is 9.43. The maximum Gasteiger partial charge on any atom is 0.152 e. The van der Waals surface area contributed by atoms with E-state index in [2.05, 4.69) is 10.3 Å². The lowest BCUT2D eigenvalue weighted by Crippen LogP contribution is -2.69. The number of alkyl halides is 1. The lowest BCUT2D eigenvalue weighted by Gasteiger charge is -2.62. The summed E-state index contributed by atoms with van der Waals surface area (Å²) >= 11 is 0. The van der Waals surface area contributed by atoms with E-state index in [4.69, 9.17) is 9.68 Å². The number of oxime groups is 2. The minimum absolute atomic E-state index is 0.0628. The molecule has 190 valence electrons. The first-order valence-electron chi connectivity index (χ1n) is 12.5. The van der Waals surface area contributed by atoms with E-state index in [-0.39, 0.29) is 24.0 Å². The number of hydrogen-bond acceptors (Lipinski definition) is 7. The highest BCUT2D eigenvalue weighted by atomic mass is 19.1. The second-order valence-corrected chi connectivity index (χ2v) is 10.8. The molecule has 8 heteroatoms. The van der Waals surface area contributed by atoms with Gasteiger partial charge in [-0.2, -0.15) is 0 Å². The third-order valence-corrected chi connectivity index (χ3v) is 9.43. The van der Waals surface area contributed by atoms with Gasteiger partial charge in [-0.3, -0.25) is 0 Å². The van der Waals surface area contributed by atoms with Crippen molar-refractivity contribution in [3.63, 3.8) is 0 Å². The molecule has 0 unspecified atom stereocenters. The molecule has 0 aromatic rings. The lowest BCUT2D eigenvalue weighted by atomic mass is 9.44. The van der Waals surface area contributed by atoms with Crippen molar-refractivity contribution >= 4 is 11.4 Å². The summed E-state index contributed by atoms with van der Waals surface area (Å²) in [5, 5.41) is 41.8. The molecule has 0 spiro atoms. The van der Waals surface area contributed by atoms with Crippen molar-refractivity contribution < 1.29 is 29.4 Å². The molecule has 0 aromatic heterocycles. The van der Waals surface area contributed by atoms with E-state index in [0.717, 1.165) is 5.57 Å². The van der Waals surface area contributed by atoms with Crippen molar-refractivity contribution in [1.82, 2.24) is 0 Å². The Morgan fingerprint density at radius 2 is 1.91 bits per heavy atom. The number of nitrogens with zero attached hydrogens (tertiary/aromatic N) is 2. The summed E-state index contributed by atoms with van der Waals surface area (Å²) in [5.41, 5.74) is -3.52. The minimum atomic E-state index is -1.89. The average Bonchev–Trinajstić information content (AvgIpc) is 3.00. The van der Waals surface area contributed by atoms with Gasteiger partial charge in [-0.25, -0.2) is 4.39 Å². The van der Waals surface area contributed by atoms with Crippen LogP contribution in [0.1, 0.15) is 60.3 Å². The van der Waals surface area contributed by atoms with Crippen LogP contribution in [0.4, 0.5) is 4.39 Å². The van der Waals surface area contributed by atoms with Gasteiger partial charge in [0.1, 0.15) is 30.2 Å². The summed E-state index contributed by atoms with van der Waals surface area (Å²) in [7, 11) is 0. The summed E-state index contributed by atoms with van der Waals surface area (Å²) in [6, 6.07) is 0. The van der Waals surface area contributed by atoms with Gasteiger partial charge < -0.3 is 25.0 Å². The average molecular weight is 479 g/mol. The van der Waals surface area contributed by atoms with Crippen molar-refractivity contribution in [3.8, 4) is 0 Å². The maximum absolute atomic E-state index is 17.4. The summed E-state index contributed by atoms with van der Waals surface area (Å²) in [6.07, 6.45) is 6.07. The molecular weight excluding hydrogens is 439 g/mol. The fourth-order valence-corrected chi connectivity index (χ4v) is 7.73. The van der Waals surface area contributed by atoms with Crippen molar-refractivity contribution in [1.29, 1.82) is 0 Å². The highest BCUT2D eigenvalue weighted by Crippen LogP contribution is 2.70. The van der Waals surface area contributed by atoms with Crippen LogP contribution >= 0.6 is 0 Å². The first-order valence-corrected chi connectivity index (χ1v) is 12.5. The molecular formula is C26H39FN2O5. The van der Waals surface area contributed by atoms with E-state index in [1.54, 1.807) is 13.0 Å². The Bertz CT molecular complexity index is 934. The molecule has 7 nitrogen and oxygen atoms in total. The quantitative estimate of drug-likeness (QED) is 0.400. The van der Waals surface area contributed by atoms with Gasteiger partial charge in [-0.1, -0.05) is 35.8 Å². The van der Waals surface area contributed by atoms with Gasteiger partial charge in [0.25, 0.3) is 0 Å². The van der Waals surface area contributed by atoms with Crippen molar-refractivity contribution in [2.45, 2.75) is 77.7 Å². The fourth-order valence-electron chi connectivity index (χ4n) is 7.73. The standard InChI is InChI=1S/C26H39FN2O5/c1-6-33-28-18-10-11-23(4)17(13-18)8-9-19-20-12-16(3)26(32,21(15-30)29-34-7-2)24(20,5)14-22(31)25(19,23)27/h10-11,13,16,19-20,22,30-32H,6-9,12,14-15H2,1-5H3/b28-18-,29-21-/t16-,19+,20+,22+,23+,24+,25+,26+/m1/s1. The van der Waals surface area contributed by atoms with Crippen LogP contribution in [-0.2, 0) is 9.68 Å². The zero-order valence-electron chi connectivity index (χ0n) is 20.9. The first kappa shape index (κ1) is 25.3. The monoisotopic (exact) mass is 478 g/mol. The molecule has 3 N–H and O–H groups in total. The van der Waals surface area contributed by atoms with Gasteiger partial charge in [0.05, 0.1) is 12.7 Å². The summed E-state index contributed by atoms with van der Waals surface area (Å²) in [4.78, 5) is 10.4. The number of allylic oxidation sites excluding steroid dienone is 4. The number of rotatable bonds is 6. The fraction of sp³-hybridized carbons (Fsp3) is 0.769. The van der Waals surface area contributed by atoms with E-state index in [1.165, 1.54) is 0 Å². The van der Waals surface area contributed by atoms with Gasteiger partial charge in [0, 0.05) is 16.7 Å². The van der Waals surface area contributed by atoms with E-state index < -0.39 is 40.7 Å². The van der Waals surface area contributed by atoms with E-state index >= 15 is 4.39 Å². The Morgan fingerprint density at radius 3 is 2.56 bits per heavy atom. The minimum Gasteiger partial charge on any atom is -0.396 e. The lowest BCUT2D eigenvalue weighted by molar-refractivity contribution is -0.209. The van der Waals surface area contributed by atoms with Gasteiger partial charge in [-0.05, 0) is 70.4 Å². The molecule has 0 radical (unpaired) electrons. The predicted molar refractivity (Wildman–Crippen MR) is 128 cm³/mol. The number of aliphatic hydroxyl groups is 3. The van der Waals surface area contributed by atoms with Crippen LogP contribution in [0.15, 0.2) is 34.1 Å². The molecule has 4 rings (SSSR count). The Labute approximate surface area is 201 Å². The highest BCUT2D eigenvalue weighted by molar-refractivity contribution is 6.05. The molecule has 0 bridgehead atoms. The van der Waals surface area contributed by atoms with E-state index in [1.807, 2.05) is 39.8 Å². The summed E-state index contributed by atoms with van der Waals surface area (Å²) in [5.74, 6) is -0.925. The van der Waals surface area contributed by atoms with Crippen LogP contribution in [0.3, 0.4) is 0 Å². The molecule has 0 aromatic carbocycles. The summed E-state index contributed by atoms with van der Waals surface area (Å²) in [6.45, 7) is 9.64. The molecule has 0 saturated heterocycles. The zero-order valence-corrected chi connectivity index (χ0v) is 20.9. The van der Waals surface area contributed by atoms with Crippen molar-refractivity contribution in [3.05, 3.63) is 23.8 Å².